The minimum absolute atomic E-state index is 0.318. The number of halogens is 2. The van der Waals surface area contributed by atoms with E-state index < -0.39 is 0 Å². The number of ether oxygens (including phenoxy) is 1. The van der Waals surface area contributed by atoms with E-state index in [4.69, 9.17) is 16.3 Å². The summed E-state index contributed by atoms with van der Waals surface area (Å²) in [6.07, 6.45) is 2.71. The molecule has 17 heavy (non-hydrogen) atoms. The van der Waals surface area contributed by atoms with Crippen molar-refractivity contribution in [1.82, 2.24) is 0 Å². The van der Waals surface area contributed by atoms with Crippen LogP contribution in [-0.4, -0.2) is 18.2 Å². The molecule has 1 aromatic carbocycles. The van der Waals surface area contributed by atoms with Crippen molar-refractivity contribution in [3.05, 3.63) is 26.8 Å². The second-order valence-corrected chi connectivity index (χ2v) is 6.35. The average Bonchev–Trinajstić information content (AvgIpc) is 2.21. The Hall–Kier alpha value is -0.000000000000000132. The van der Waals surface area contributed by atoms with Crippen LogP contribution in [0, 0.1) is 3.57 Å². The molecule has 2 atom stereocenters. The largest absolute Gasteiger partial charge is 0.381 e. The van der Waals surface area contributed by atoms with Gasteiger partial charge in [0.25, 0.3) is 0 Å². The van der Waals surface area contributed by atoms with E-state index in [2.05, 4.69) is 53.9 Å². The zero-order chi connectivity index (χ0) is 12.4. The number of hydrogen-bond acceptors (Lipinski definition) is 2. The van der Waals surface area contributed by atoms with Gasteiger partial charge in [-0.2, -0.15) is 0 Å². The molecule has 2 unspecified atom stereocenters. The lowest BCUT2D eigenvalue weighted by molar-refractivity contribution is -0.0337. The van der Waals surface area contributed by atoms with E-state index >= 15 is 0 Å². The van der Waals surface area contributed by atoms with Crippen molar-refractivity contribution >= 4 is 39.9 Å². The molecule has 1 aromatic rings. The minimum Gasteiger partial charge on any atom is -0.381 e. The van der Waals surface area contributed by atoms with Gasteiger partial charge in [-0.15, -0.1) is 0 Å². The van der Waals surface area contributed by atoms with Gasteiger partial charge in [-0.25, -0.2) is 0 Å². The van der Waals surface area contributed by atoms with Crippen molar-refractivity contribution < 1.29 is 4.74 Å². The Labute approximate surface area is 121 Å². The number of hydrogen-bond donors (Lipinski definition) is 1. The van der Waals surface area contributed by atoms with Crippen LogP contribution in [0.15, 0.2) is 18.2 Å². The highest BCUT2D eigenvalue weighted by Crippen LogP contribution is 2.28. The first-order valence-electron chi connectivity index (χ1n) is 5.91. The number of nitrogens with one attached hydrogen (secondary N) is 1. The third-order valence-corrected chi connectivity index (χ3v) is 3.97. The summed E-state index contributed by atoms with van der Waals surface area (Å²) in [5.41, 5.74) is 1.03. The summed E-state index contributed by atoms with van der Waals surface area (Å²) in [5.74, 6) is 0. The van der Waals surface area contributed by atoms with Crippen LogP contribution in [0.2, 0.25) is 5.02 Å². The van der Waals surface area contributed by atoms with E-state index in [9.17, 15) is 0 Å². The summed E-state index contributed by atoms with van der Waals surface area (Å²) in [4.78, 5) is 0. The first-order valence-corrected chi connectivity index (χ1v) is 7.37. The van der Waals surface area contributed by atoms with E-state index in [0.717, 1.165) is 27.1 Å². The Kier molecular flexibility index (Phi) is 4.55. The lowest BCUT2D eigenvalue weighted by Crippen LogP contribution is -2.36. The van der Waals surface area contributed by atoms with Gasteiger partial charge in [-0.1, -0.05) is 11.6 Å². The van der Waals surface area contributed by atoms with Crippen molar-refractivity contribution in [2.45, 2.75) is 44.9 Å². The third-order valence-electron chi connectivity index (χ3n) is 2.99. The van der Waals surface area contributed by atoms with Crippen molar-refractivity contribution in [2.75, 3.05) is 5.32 Å². The molecule has 94 valence electrons. The lowest BCUT2D eigenvalue weighted by Gasteiger charge is -2.33. The molecular weight excluding hydrogens is 349 g/mol. The van der Waals surface area contributed by atoms with Crippen molar-refractivity contribution in [3.63, 3.8) is 0 Å². The van der Waals surface area contributed by atoms with Crippen molar-refractivity contribution in [1.29, 1.82) is 0 Å². The SMILES string of the molecule is CC1CC(Nc2ccc(I)cc2Cl)CC(C)O1. The Morgan fingerprint density at radius 3 is 2.53 bits per heavy atom. The summed E-state index contributed by atoms with van der Waals surface area (Å²) in [5, 5.41) is 4.32. The van der Waals surface area contributed by atoms with Crippen LogP contribution < -0.4 is 5.32 Å². The van der Waals surface area contributed by atoms with Crippen molar-refractivity contribution in [3.8, 4) is 0 Å². The van der Waals surface area contributed by atoms with Gasteiger partial charge in [-0.3, -0.25) is 0 Å². The molecule has 1 heterocycles. The van der Waals surface area contributed by atoms with Gasteiger partial charge < -0.3 is 10.1 Å². The fraction of sp³-hybridized carbons (Fsp3) is 0.538. The predicted molar refractivity (Wildman–Crippen MR) is 80.8 cm³/mol. The predicted octanol–water partition coefficient (Wildman–Crippen LogP) is 4.31. The van der Waals surface area contributed by atoms with Gasteiger partial charge in [0.05, 0.1) is 22.9 Å². The highest BCUT2D eigenvalue weighted by Gasteiger charge is 2.24. The van der Waals surface area contributed by atoms with Crippen LogP contribution in [0.4, 0.5) is 5.69 Å². The highest BCUT2D eigenvalue weighted by atomic mass is 127. The normalized spacial score (nSPS) is 29.1. The fourth-order valence-electron chi connectivity index (χ4n) is 2.35. The van der Waals surface area contributed by atoms with Crippen LogP contribution in [0.25, 0.3) is 0 Å². The number of rotatable bonds is 2. The molecule has 2 nitrogen and oxygen atoms in total. The quantitative estimate of drug-likeness (QED) is 0.789. The first kappa shape index (κ1) is 13.4. The minimum atomic E-state index is 0.318. The molecule has 0 saturated carbocycles. The lowest BCUT2D eigenvalue weighted by atomic mass is 9.99. The van der Waals surface area contributed by atoms with Gasteiger partial charge in [0, 0.05) is 9.61 Å². The zero-order valence-corrected chi connectivity index (χ0v) is 13.0. The number of anilines is 1. The maximum absolute atomic E-state index is 6.22. The van der Waals surface area contributed by atoms with E-state index in [1.807, 2.05) is 6.07 Å². The summed E-state index contributed by atoms with van der Waals surface area (Å²) < 4.78 is 6.89. The standard InChI is InChI=1S/C13H17ClINO/c1-8-5-11(6-9(2)17-8)16-13-4-3-10(15)7-12(13)14/h3-4,7-9,11,16H,5-6H2,1-2H3. The van der Waals surface area contributed by atoms with Gasteiger partial charge in [-0.05, 0) is 67.5 Å². The molecule has 1 aliphatic heterocycles. The average molecular weight is 366 g/mol. The van der Waals surface area contributed by atoms with Crippen LogP contribution in [0.3, 0.4) is 0 Å². The van der Waals surface area contributed by atoms with Crippen LogP contribution >= 0.6 is 34.2 Å². The van der Waals surface area contributed by atoms with Crippen LogP contribution in [0.5, 0.6) is 0 Å². The molecule has 1 aliphatic rings. The second-order valence-electron chi connectivity index (χ2n) is 4.69. The summed E-state index contributed by atoms with van der Waals surface area (Å²) in [6, 6.07) is 6.55. The monoisotopic (exact) mass is 365 g/mol. The first-order chi connectivity index (χ1) is 8.04. The molecule has 2 rings (SSSR count). The molecule has 4 heteroatoms. The van der Waals surface area contributed by atoms with Crippen LogP contribution in [-0.2, 0) is 4.74 Å². The molecule has 0 aliphatic carbocycles. The van der Waals surface area contributed by atoms with Gasteiger partial charge in [0.2, 0.25) is 0 Å². The zero-order valence-electron chi connectivity index (χ0n) is 10.0. The van der Waals surface area contributed by atoms with Gasteiger partial charge >= 0.3 is 0 Å². The molecule has 0 aromatic heterocycles. The highest BCUT2D eigenvalue weighted by molar-refractivity contribution is 14.1. The molecule has 0 bridgehead atoms. The van der Waals surface area contributed by atoms with Crippen molar-refractivity contribution in [2.24, 2.45) is 0 Å². The van der Waals surface area contributed by atoms with E-state index in [0.29, 0.717) is 18.2 Å². The Bertz CT molecular complexity index is 389. The summed E-state index contributed by atoms with van der Waals surface area (Å²) >= 11 is 8.49. The maximum atomic E-state index is 6.22. The molecular formula is C13H17ClINO. The third kappa shape index (κ3) is 3.73. The second kappa shape index (κ2) is 5.76. The van der Waals surface area contributed by atoms with Gasteiger partial charge in [0.15, 0.2) is 0 Å². The molecule has 0 radical (unpaired) electrons. The molecule has 1 N–H and O–H groups in total. The smallest absolute Gasteiger partial charge is 0.0648 e. The van der Waals surface area contributed by atoms with E-state index in [-0.39, 0.29) is 0 Å². The molecule has 1 fully saturated rings. The molecule has 0 amide bonds. The maximum Gasteiger partial charge on any atom is 0.0648 e. The fourth-order valence-corrected chi connectivity index (χ4v) is 3.26. The topological polar surface area (TPSA) is 21.3 Å². The number of benzene rings is 1. The Balaban J connectivity index is 2.04. The Morgan fingerprint density at radius 1 is 1.29 bits per heavy atom. The molecule has 0 spiro atoms. The van der Waals surface area contributed by atoms with E-state index in [1.165, 1.54) is 0 Å². The van der Waals surface area contributed by atoms with Crippen LogP contribution in [0.1, 0.15) is 26.7 Å². The van der Waals surface area contributed by atoms with E-state index in [1.54, 1.807) is 0 Å². The summed E-state index contributed by atoms with van der Waals surface area (Å²) in [6.45, 7) is 4.25. The molecule has 1 saturated heterocycles. The van der Waals surface area contributed by atoms with Gasteiger partial charge in [0.1, 0.15) is 0 Å². The Morgan fingerprint density at radius 2 is 1.94 bits per heavy atom. The summed E-state index contributed by atoms with van der Waals surface area (Å²) in [7, 11) is 0.